The number of morpholine rings is 1. The van der Waals surface area contributed by atoms with Crippen LogP contribution in [0.3, 0.4) is 0 Å². The second-order valence-electron chi connectivity index (χ2n) is 7.49. The van der Waals surface area contributed by atoms with Crippen molar-refractivity contribution in [1.29, 1.82) is 0 Å². The number of nitrogens with one attached hydrogen (secondary N) is 1. The van der Waals surface area contributed by atoms with Gasteiger partial charge in [-0.2, -0.15) is 5.06 Å². The number of anilines is 1. The van der Waals surface area contributed by atoms with Crippen LogP contribution < -0.4 is 14.8 Å². The second-order valence-corrected chi connectivity index (χ2v) is 7.90. The van der Waals surface area contributed by atoms with Crippen molar-refractivity contribution in [2.75, 3.05) is 44.8 Å². The highest BCUT2D eigenvalue weighted by Crippen LogP contribution is 2.35. The molecule has 3 aromatic rings. The predicted molar refractivity (Wildman–Crippen MR) is 128 cm³/mol. The van der Waals surface area contributed by atoms with Crippen molar-refractivity contribution in [2.45, 2.75) is 6.42 Å². The number of ether oxygens (including phenoxy) is 3. The predicted octanol–water partition coefficient (Wildman–Crippen LogP) is 4.37. The van der Waals surface area contributed by atoms with Gasteiger partial charge >= 0.3 is 0 Å². The molecule has 1 aromatic heterocycles. The molecule has 1 fully saturated rings. The molecule has 184 valence electrons. The summed E-state index contributed by atoms with van der Waals surface area (Å²) in [4.78, 5) is 26.2. The smallest absolute Gasteiger partial charge is 0.247 e. The van der Waals surface area contributed by atoms with Crippen LogP contribution in [-0.2, 0) is 14.4 Å². The number of carbonyl (C=O) groups excluding carboxylic acids is 1. The number of aromatic nitrogens is 2. The zero-order valence-electron chi connectivity index (χ0n) is 18.8. The van der Waals surface area contributed by atoms with Crippen LogP contribution in [0.5, 0.6) is 17.4 Å². The molecule has 1 aliphatic heterocycles. The van der Waals surface area contributed by atoms with Crippen LogP contribution in [0, 0.1) is 5.82 Å². The van der Waals surface area contributed by atoms with Crippen LogP contribution in [0.1, 0.15) is 6.42 Å². The van der Waals surface area contributed by atoms with E-state index in [4.69, 9.17) is 30.6 Å². The molecule has 1 amide bonds. The summed E-state index contributed by atoms with van der Waals surface area (Å²) in [7, 11) is 0. The summed E-state index contributed by atoms with van der Waals surface area (Å²) in [5.41, 5.74) is 0.924. The average molecular weight is 503 g/mol. The first-order chi connectivity index (χ1) is 17.0. The summed E-state index contributed by atoms with van der Waals surface area (Å²) < 4.78 is 30.5. The van der Waals surface area contributed by atoms with E-state index in [-0.39, 0.29) is 10.9 Å². The van der Waals surface area contributed by atoms with Gasteiger partial charge in [0.2, 0.25) is 11.8 Å². The third kappa shape index (κ3) is 6.64. The van der Waals surface area contributed by atoms with Crippen molar-refractivity contribution in [3.63, 3.8) is 0 Å². The summed E-state index contributed by atoms with van der Waals surface area (Å²) in [6.45, 7) is 7.11. The highest BCUT2D eigenvalue weighted by molar-refractivity contribution is 6.30. The van der Waals surface area contributed by atoms with Gasteiger partial charge in [-0.15, -0.1) is 0 Å². The minimum absolute atomic E-state index is 0.0758. The first-order valence-electron chi connectivity index (χ1n) is 11.0. The highest BCUT2D eigenvalue weighted by atomic mass is 35.5. The van der Waals surface area contributed by atoms with Gasteiger partial charge in [0.1, 0.15) is 23.6 Å². The Labute approximate surface area is 206 Å². The van der Waals surface area contributed by atoms with Gasteiger partial charge in [-0.05, 0) is 24.3 Å². The van der Waals surface area contributed by atoms with E-state index in [1.807, 2.05) is 5.06 Å². The third-order valence-corrected chi connectivity index (χ3v) is 5.33. The number of hydroxylamine groups is 2. The van der Waals surface area contributed by atoms with Crippen molar-refractivity contribution >= 4 is 34.1 Å². The fourth-order valence-electron chi connectivity index (χ4n) is 3.30. The molecule has 0 spiro atoms. The quantitative estimate of drug-likeness (QED) is 0.322. The lowest BCUT2D eigenvalue weighted by Crippen LogP contribution is -2.36. The number of amides is 1. The first-order valence-corrected chi connectivity index (χ1v) is 11.3. The van der Waals surface area contributed by atoms with Crippen LogP contribution in [0.4, 0.5) is 10.1 Å². The van der Waals surface area contributed by atoms with E-state index < -0.39 is 11.7 Å². The molecule has 9 nitrogen and oxygen atoms in total. The Balaban J connectivity index is 1.51. The molecule has 0 aliphatic carbocycles. The van der Waals surface area contributed by atoms with Gasteiger partial charge in [0.25, 0.3) is 0 Å². The van der Waals surface area contributed by atoms with Crippen LogP contribution in [0.15, 0.2) is 49.3 Å². The molecule has 0 saturated carbocycles. The van der Waals surface area contributed by atoms with Crippen LogP contribution in [-0.4, -0.2) is 60.5 Å². The number of halogens is 2. The Morgan fingerprint density at radius 1 is 1.23 bits per heavy atom. The number of hydrogen-bond acceptors (Lipinski definition) is 8. The number of carbonyl (C=O) groups is 1. The molecule has 2 heterocycles. The monoisotopic (exact) mass is 502 g/mol. The average Bonchev–Trinajstić information content (AvgIpc) is 2.87. The molecule has 1 N–H and O–H groups in total. The van der Waals surface area contributed by atoms with Crippen molar-refractivity contribution in [3.05, 3.63) is 60.2 Å². The van der Waals surface area contributed by atoms with Crippen molar-refractivity contribution in [1.82, 2.24) is 15.0 Å². The number of nitrogens with zero attached hydrogens (tertiary/aromatic N) is 3. The van der Waals surface area contributed by atoms with E-state index in [1.165, 1.54) is 24.5 Å². The van der Waals surface area contributed by atoms with Gasteiger partial charge in [0.15, 0.2) is 0 Å². The lowest BCUT2D eigenvalue weighted by atomic mass is 10.2. The zero-order chi connectivity index (χ0) is 24.6. The summed E-state index contributed by atoms with van der Waals surface area (Å²) in [6, 6.07) is 7.32. The fourth-order valence-corrected chi connectivity index (χ4v) is 3.48. The summed E-state index contributed by atoms with van der Waals surface area (Å²) in [5.74, 6) is -0.0351. The fraction of sp³-hybridized carbons (Fsp3) is 0.292. The van der Waals surface area contributed by atoms with Crippen LogP contribution >= 0.6 is 11.6 Å². The van der Waals surface area contributed by atoms with E-state index in [1.54, 1.807) is 12.1 Å². The molecule has 4 rings (SSSR count). The second kappa shape index (κ2) is 11.9. The first kappa shape index (κ1) is 24.8. The van der Waals surface area contributed by atoms with E-state index >= 15 is 0 Å². The molecule has 0 unspecified atom stereocenters. The topological polar surface area (TPSA) is 95.0 Å². The molecule has 0 radical (unpaired) electrons. The van der Waals surface area contributed by atoms with E-state index in [2.05, 4.69) is 21.9 Å². The van der Waals surface area contributed by atoms with Crippen molar-refractivity contribution in [3.8, 4) is 17.4 Å². The maximum absolute atomic E-state index is 13.5. The minimum atomic E-state index is -0.557. The van der Waals surface area contributed by atoms with Gasteiger partial charge in [0, 0.05) is 31.6 Å². The standard InChI is InChI=1S/C24H24ClFN4O5/c1-2-23(31)29-21-13-17-20(14-22(21)33-8-3-9-34-30-6-10-32-11-7-30)27-15-28-24(17)35-16-4-5-19(26)18(25)12-16/h2,4-5,12-15H,1,3,6-11H2,(H,29,31). The van der Waals surface area contributed by atoms with Gasteiger partial charge in [-0.25, -0.2) is 14.4 Å². The molecule has 35 heavy (non-hydrogen) atoms. The largest absolute Gasteiger partial charge is 0.491 e. The van der Waals surface area contributed by atoms with Crippen molar-refractivity contribution < 1.29 is 28.2 Å². The molecule has 0 atom stereocenters. The van der Waals surface area contributed by atoms with Gasteiger partial charge in [-0.1, -0.05) is 18.2 Å². The van der Waals surface area contributed by atoms with E-state index in [0.717, 1.165) is 19.2 Å². The lowest BCUT2D eigenvalue weighted by molar-refractivity contribution is -0.194. The van der Waals surface area contributed by atoms with Gasteiger partial charge in [0.05, 0.1) is 48.0 Å². The minimum Gasteiger partial charge on any atom is -0.491 e. The molecular weight excluding hydrogens is 479 g/mol. The van der Waals surface area contributed by atoms with Crippen molar-refractivity contribution in [2.24, 2.45) is 0 Å². The highest BCUT2D eigenvalue weighted by Gasteiger charge is 2.15. The maximum Gasteiger partial charge on any atom is 0.247 e. The number of hydrogen-bond donors (Lipinski definition) is 1. The zero-order valence-corrected chi connectivity index (χ0v) is 19.6. The van der Waals surface area contributed by atoms with Crippen LogP contribution in [0.2, 0.25) is 5.02 Å². The normalized spacial score (nSPS) is 14.0. The molecule has 2 aromatic carbocycles. The SMILES string of the molecule is C=CC(=O)Nc1cc2c(Oc3ccc(F)c(Cl)c3)ncnc2cc1OCCCON1CCOCC1. The lowest BCUT2D eigenvalue weighted by Gasteiger charge is -2.25. The Hall–Kier alpha value is -3.31. The summed E-state index contributed by atoms with van der Waals surface area (Å²) in [6.07, 6.45) is 3.13. The molecule has 0 bridgehead atoms. The number of rotatable bonds is 10. The maximum atomic E-state index is 13.5. The molecule has 1 saturated heterocycles. The van der Waals surface area contributed by atoms with E-state index in [0.29, 0.717) is 60.9 Å². The Morgan fingerprint density at radius 3 is 2.83 bits per heavy atom. The van der Waals surface area contributed by atoms with Gasteiger partial charge < -0.3 is 19.5 Å². The Bertz CT molecular complexity index is 1210. The van der Waals surface area contributed by atoms with E-state index in [9.17, 15) is 9.18 Å². The third-order valence-electron chi connectivity index (χ3n) is 5.04. The molecule has 1 aliphatic rings. The summed E-state index contributed by atoms with van der Waals surface area (Å²) >= 11 is 5.85. The number of benzene rings is 2. The number of fused-ring (bicyclic) bond motifs is 1. The molecule has 11 heteroatoms. The molecular formula is C24H24ClFN4O5. The Kier molecular flexibility index (Phi) is 8.43. The van der Waals surface area contributed by atoms with Gasteiger partial charge in [-0.3, -0.25) is 9.63 Å². The Morgan fingerprint density at radius 2 is 2.06 bits per heavy atom. The van der Waals surface area contributed by atoms with Crippen LogP contribution in [0.25, 0.3) is 10.9 Å². The summed E-state index contributed by atoms with van der Waals surface area (Å²) in [5, 5.41) is 5.05.